The fraction of sp³-hybridized carbons (Fsp3) is 0.500. The first-order valence-electron chi connectivity index (χ1n) is 15.3. The average Bonchev–Trinajstić information content (AvgIpc) is 3.00. The van der Waals surface area contributed by atoms with Crippen LogP contribution in [0.3, 0.4) is 0 Å². The molecule has 2 aliphatic rings. The van der Waals surface area contributed by atoms with Crippen molar-refractivity contribution in [3.8, 4) is 22.6 Å². The lowest BCUT2D eigenvalue weighted by Crippen LogP contribution is -2.47. The molecule has 0 radical (unpaired) electrons. The third-order valence-electron chi connectivity index (χ3n) is 8.17. The SMILES string of the molecule is COc1ccc(-c2cc(=NNC(=O)C(CCSC)NC(=O)OC(C)(C)C)oc3cc4c(cc23)CCC2(CCCCC2)O4)cc1. The quantitative estimate of drug-likeness (QED) is 0.269. The van der Waals surface area contributed by atoms with E-state index in [1.165, 1.54) is 24.8 Å². The molecule has 9 nitrogen and oxygen atoms in total. The van der Waals surface area contributed by atoms with Crippen molar-refractivity contribution >= 4 is 34.7 Å². The second-order valence-electron chi connectivity index (χ2n) is 12.6. The molecule has 2 aromatic carbocycles. The number of benzene rings is 2. The highest BCUT2D eigenvalue weighted by molar-refractivity contribution is 7.98. The fourth-order valence-electron chi connectivity index (χ4n) is 5.94. The van der Waals surface area contributed by atoms with Gasteiger partial charge in [-0.05, 0) is 113 Å². The highest BCUT2D eigenvalue weighted by Gasteiger charge is 2.37. The third-order valence-corrected chi connectivity index (χ3v) is 8.82. The Morgan fingerprint density at radius 1 is 1.07 bits per heavy atom. The molecule has 5 rings (SSSR count). The lowest BCUT2D eigenvalue weighted by atomic mass is 9.79. The summed E-state index contributed by atoms with van der Waals surface area (Å²) in [6.45, 7) is 5.33. The van der Waals surface area contributed by atoms with E-state index >= 15 is 0 Å². The number of ether oxygens (including phenoxy) is 3. The van der Waals surface area contributed by atoms with E-state index < -0.39 is 23.6 Å². The number of carbonyl (C=O) groups excluding carboxylic acids is 2. The molecule has 0 bridgehead atoms. The molecule has 1 fully saturated rings. The first kappa shape index (κ1) is 31.8. The van der Waals surface area contributed by atoms with Crippen molar-refractivity contribution in [2.45, 2.75) is 89.4 Å². The molecule has 1 aliphatic carbocycles. The highest BCUT2D eigenvalue weighted by Crippen LogP contribution is 2.44. The van der Waals surface area contributed by atoms with Crippen LogP contribution in [0, 0.1) is 0 Å². The summed E-state index contributed by atoms with van der Waals surface area (Å²) in [6.07, 6.45) is 9.49. The first-order chi connectivity index (χ1) is 21.1. The number of rotatable bonds is 8. The molecule has 1 unspecified atom stereocenters. The van der Waals surface area contributed by atoms with E-state index in [2.05, 4.69) is 21.9 Å². The van der Waals surface area contributed by atoms with Gasteiger partial charge in [0.25, 0.3) is 5.91 Å². The minimum atomic E-state index is -0.824. The predicted octanol–water partition coefficient (Wildman–Crippen LogP) is 6.71. The Kier molecular flexibility index (Phi) is 9.78. The van der Waals surface area contributed by atoms with Crippen LogP contribution in [-0.2, 0) is 16.0 Å². The van der Waals surface area contributed by atoms with Crippen LogP contribution in [0.5, 0.6) is 11.5 Å². The highest BCUT2D eigenvalue weighted by atomic mass is 32.2. The van der Waals surface area contributed by atoms with Crippen molar-refractivity contribution in [1.82, 2.24) is 10.7 Å². The van der Waals surface area contributed by atoms with Crippen LogP contribution in [0.15, 0.2) is 52.0 Å². The molecule has 44 heavy (non-hydrogen) atoms. The van der Waals surface area contributed by atoms with Crippen LogP contribution in [0.1, 0.15) is 71.3 Å². The number of aryl methyl sites for hydroxylation is 1. The van der Waals surface area contributed by atoms with Gasteiger partial charge in [0.15, 0.2) is 0 Å². The zero-order chi connectivity index (χ0) is 31.3. The first-order valence-corrected chi connectivity index (χ1v) is 16.7. The summed E-state index contributed by atoms with van der Waals surface area (Å²) in [7, 11) is 1.64. The van der Waals surface area contributed by atoms with Crippen molar-refractivity contribution < 1.29 is 28.2 Å². The minimum Gasteiger partial charge on any atom is -0.497 e. The number of hydrogen-bond donors (Lipinski definition) is 2. The molecule has 2 heterocycles. The Morgan fingerprint density at radius 3 is 2.50 bits per heavy atom. The Balaban J connectivity index is 1.49. The second-order valence-corrected chi connectivity index (χ2v) is 13.6. The van der Waals surface area contributed by atoms with Gasteiger partial charge in [0.1, 0.15) is 34.3 Å². The van der Waals surface area contributed by atoms with Gasteiger partial charge in [0.2, 0.25) is 5.55 Å². The molecule has 3 aromatic rings. The molecule has 1 aromatic heterocycles. The predicted molar refractivity (Wildman–Crippen MR) is 173 cm³/mol. The van der Waals surface area contributed by atoms with E-state index in [1.54, 1.807) is 39.6 Å². The van der Waals surface area contributed by atoms with Gasteiger partial charge in [0, 0.05) is 17.5 Å². The van der Waals surface area contributed by atoms with E-state index in [1.807, 2.05) is 42.7 Å². The maximum atomic E-state index is 13.2. The fourth-order valence-corrected chi connectivity index (χ4v) is 6.41. The zero-order valence-electron chi connectivity index (χ0n) is 26.3. The number of amides is 2. The largest absolute Gasteiger partial charge is 0.497 e. The lowest BCUT2D eigenvalue weighted by molar-refractivity contribution is -0.123. The molecular weight excluding hydrogens is 578 g/mol. The van der Waals surface area contributed by atoms with Crippen LogP contribution in [0.2, 0.25) is 0 Å². The smallest absolute Gasteiger partial charge is 0.408 e. The number of carbonyl (C=O) groups is 2. The van der Waals surface area contributed by atoms with E-state index in [4.69, 9.17) is 18.6 Å². The van der Waals surface area contributed by atoms with Crippen molar-refractivity contribution in [3.63, 3.8) is 0 Å². The van der Waals surface area contributed by atoms with E-state index in [-0.39, 0.29) is 11.2 Å². The van der Waals surface area contributed by atoms with Gasteiger partial charge in [-0.1, -0.05) is 18.6 Å². The summed E-state index contributed by atoms with van der Waals surface area (Å²) >= 11 is 1.58. The maximum Gasteiger partial charge on any atom is 0.408 e. The van der Waals surface area contributed by atoms with Crippen LogP contribution in [-0.4, -0.2) is 48.4 Å². The molecule has 2 amide bonds. The van der Waals surface area contributed by atoms with Crippen LogP contribution in [0.25, 0.3) is 22.1 Å². The Labute approximate surface area is 263 Å². The standard InChI is InChI=1S/C34H43N3O6S/c1-33(2,3)43-32(39)35-27(14-18-44-5)31(38)37-36-30-20-25(22-9-11-24(40-4)12-10-22)26-19-23-13-17-34(15-7-6-8-16-34)42-28(23)21-29(26)41-30/h9-12,19-21,27H,6-8,13-18H2,1-5H3,(H,35,39)(H,37,38). The topological polar surface area (TPSA) is 111 Å². The van der Waals surface area contributed by atoms with Gasteiger partial charge >= 0.3 is 6.09 Å². The Hall–Kier alpha value is -3.66. The van der Waals surface area contributed by atoms with E-state index in [0.29, 0.717) is 17.8 Å². The number of nitrogens with one attached hydrogen (secondary N) is 2. The molecule has 1 atom stereocenters. The molecule has 1 spiro atoms. The summed E-state index contributed by atoms with van der Waals surface area (Å²) < 4.78 is 23.7. The maximum absolute atomic E-state index is 13.2. The Morgan fingerprint density at radius 2 is 1.82 bits per heavy atom. The number of nitrogens with zero attached hydrogens (tertiary/aromatic N) is 1. The van der Waals surface area contributed by atoms with Gasteiger partial charge in [-0.3, -0.25) is 4.79 Å². The van der Waals surface area contributed by atoms with Crippen molar-refractivity contribution in [2.24, 2.45) is 5.10 Å². The Bertz CT molecular complexity index is 1550. The van der Waals surface area contributed by atoms with Gasteiger partial charge in [-0.15, -0.1) is 5.10 Å². The van der Waals surface area contributed by atoms with Crippen LogP contribution in [0.4, 0.5) is 4.79 Å². The van der Waals surface area contributed by atoms with Gasteiger partial charge in [-0.2, -0.15) is 11.8 Å². The minimum absolute atomic E-state index is 0.0966. The van der Waals surface area contributed by atoms with Gasteiger partial charge < -0.3 is 23.9 Å². The number of alkyl carbamates (subject to hydrolysis) is 1. The molecule has 0 saturated heterocycles. The normalized spacial score (nSPS) is 17.0. The summed E-state index contributed by atoms with van der Waals surface area (Å²) in [5.41, 5.74) is 5.70. The summed E-state index contributed by atoms with van der Waals surface area (Å²) in [4.78, 5) is 25.7. The third kappa shape index (κ3) is 7.70. The van der Waals surface area contributed by atoms with E-state index in [9.17, 15) is 9.59 Å². The molecule has 1 saturated carbocycles. The number of hydrogen-bond acceptors (Lipinski definition) is 8. The lowest BCUT2D eigenvalue weighted by Gasteiger charge is -2.41. The molecule has 2 N–H and O–H groups in total. The van der Waals surface area contributed by atoms with E-state index in [0.717, 1.165) is 53.7 Å². The molecule has 10 heteroatoms. The number of methoxy groups -OCH3 is 1. The summed E-state index contributed by atoms with van der Waals surface area (Å²) in [5, 5.41) is 7.97. The molecular formula is C34H43N3O6S. The monoisotopic (exact) mass is 621 g/mol. The van der Waals surface area contributed by atoms with Crippen LogP contribution >= 0.6 is 11.8 Å². The summed E-state index contributed by atoms with van der Waals surface area (Å²) in [6, 6.07) is 12.9. The number of fused-ring (bicyclic) bond motifs is 2. The molecule has 236 valence electrons. The number of thioether (sulfide) groups is 1. The molecule has 1 aliphatic heterocycles. The second kappa shape index (κ2) is 13.5. The zero-order valence-corrected chi connectivity index (χ0v) is 27.1. The average molecular weight is 622 g/mol. The summed E-state index contributed by atoms with van der Waals surface area (Å²) in [5.74, 6) is 1.82. The van der Waals surface area contributed by atoms with Crippen molar-refractivity contribution in [3.05, 3.63) is 53.6 Å². The van der Waals surface area contributed by atoms with Crippen molar-refractivity contribution in [1.29, 1.82) is 0 Å². The van der Waals surface area contributed by atoms with Gasteiger partial charge in [-0.25, -0.2) is 10.2 Å². The van der Waals surface area contributed by atoms with Crippen LogP contribution < -0.4 is 25.8 Å². The van der Waals surface area contributed by atoms with Crippen molar-refractivity contribution in [2.75, 3.05) is 19.1 Å². The van der Waals surface area contributed by atoms with Gasteiger partial charge in [0.05, 0.1) is 7.11 Å².